The molecule has 0 aromatic carbocycles. The standard InChI is InChI=1S/C12H20O/c1-11(2)7-6-9-12(3)8-4-5-10-13/h8,10H,1,4-7,9H2,2-3H3. The van der Waals surface area contributed by atoms with Crippen LogP contribution in [-0.4, -0.2) is 6.29 Å². The van der Waals surface area contributed by atoms with Gasteiger partial charge in [-0.25, -0.2) is 0 Å². The number of hydrogen-bond donors (Lipinski definition) is 0. The zero-order valence-electron chi connectivity index (χ0n) is 8.81. The van der Waals surface area contributed by atoms with Crippen LogP contribution < -0.4 is 0 Å². The van der Waals surface area contributed by atoms with Crippen molar-refractivity contribution in [2.24, 2.45) is 0 Å². The van der Waals surface area contributed by atoms with Crippen molar-refractivity contribution in [2.75, 3.05) is 0 Å². The maximum Gasteiger partial charge on any atom is 0.120 e. The molecule has 0 saturated carbocycles. The average Bonchev–Trinajstić information content (AvgIpc) is 2.04. The van der Waals surface area contributed by atoms with Gasteiger partial charge in [-0.05, 0) is 39.5 Å². The summed E-state index contributed by atoms with van der Waals surface area (Å²) in [5, 5.41) is 0. The monoisotopic (exact) mass is 180 g/mol. The highest BCUT2D eigenvalue weighted by atomic mass is 16.1. The highest BCUT2D eigenvalue weighted by Crippen LogP contribution is 2.10. The highest BCUT2D eigenvalue weighted by Gasteiger charge is 1.91. The van der Waals surface area contributed by atoms with Crippen molar-refractivity contribution in [3.63, 3.8) is 0 Å². The fourth-order valence-electron chi connectivity index (χ4n) is 1.17. The van der Waals surface area contributed by atoms with Crippen LogP contribution in [0.4, 0.5) is 0 Å². The lowest BCUT2D eigenvalue weighted by atomic mass is 10.1. The van der Waals surface area contributed by atoms with Crippen molar-refractivity contribution in [1.29, 1.82) is 0 Å². The summed E-state index contributed by atoms with van der Waals surface area (Å²) in [6.45, 7) is 8.05. The van der Waals surface area contributed by atoms with Gasteiger partial charge in [-0.3, -0.25) is 0 Å². The summed E-state index contributed by atoms with van der Waals surface area (Å²) in [6, 6.07) is 0. The normalized spacial score (nSPS) is 11.4. The van der Waals surface area contributed by atoms with Gasteiger partial charge < -0.3 is 4.79 Å². The minimum atomic E-state index is 0.651. The lowest BCUT2D eigenvalue weighted by Gasteiger charge is -2.00. The van der Waals surface area contributed by atoms with Crippen LogP contribution in [0.3, 0.4) is 0 Å². The SMILES string of the molecule is C=C(C)CCCC(C)=CCCC=O. The van der Waals surface area contributed by atoms with Gasteiger partial charge in [0.2, 0.25) is 0 Å². The topological polar surface area (TPSA) is 17.1 Å². The van der Waals surface area contributed by atoms with Gasteiger partial charge in [0.05, 0.1) is 0 Å². The van der Waals surface area contributed by atoms with Crippen molar-refractivity contribution in [1.82, 2.24) is 0 Å². The minimum Gasteiger partial charge on any atom is -0.303 e. The fourth-order valence-corrected chi connectivity index (χ4v) is 1.17. The molecule has 0 bridgehead atoms. The third-order valence-corrected chi connectivity index (χ3v) is 1.95. The van der Waals surface area contributed by atoms with Crippen molar-refractivity contribution in [3.8, 4) is 0 Å². The van der Waals surface area contributed by atoms with Crippen LogP contribution in [0.2, 0.25) is 0 Å². The molecule has 0 radical (unpaired) electrons. The Bertz CT molecular complexity index is 189. The molecule has 0 aromatic rings. The number of carbonyl (C=O) groups excluding carboxylic acids is 1. The summed E-state index contributed by atoms with van der Waals surface area (Å²) in [7, 11) is 0. The number of aldehydes is 1. The molecule has 0 aliphatic rings. The predicted molar refractivity (Wildman–Crippen MR) is 57.7 cm³/mol. The molecule has 1 nitrogen and oxygen atoms in total. The van der Waals surface area contributed by atoms with E-state index in [1.807, 2.05) is 0 Å². The molecule has 0 rings (SSSR count). The molecule has 0 saturated heterocycles. The number of carbonyl (C=O) groups is 1. The Labute approximate surface area is 81.5 Å². The first-order valence-corrected chi connectivity index (χ1v) is 4.90. The summed E-state index contributed by atoms with van der Waals surface area (Å²) in [5.41, 5.74) is 2.64. The molecule has 0 heterocycles. The third kappa shape index (κ3) is 9.06. The molecule has 0 atom stereocenters. The Morgan fingerprint density at radius 3 is 2.46 bits per heavy atom. The second-order valence-corrected chi connectivity index (χ2v) is 3.61. The van der Waals surface area contributed by atoms with Gasteiger partial charge in [-0.15, -0.1) is 6.58 Å². The average molecular weight is 180 g/mol. The van der Waals surface area contributed by atoms with Gasteiger partial charge in [0.25, 0.3) is 0 Å². The maximum absolute atomic E-state index is 10.0. The Morgan fingerprint density at radius 2 is 1.92 bits per heavy atom. The van der Waals surface area contributed by atoms with E-state index in [1.165, 1.54) is 17.6 Å². The van der Waals surface area contributed by atoms with E-state index in [4.69, 9.17) is 0 Å². The van der Waals surface area contributed by atoms with Crippen molar-refractivity contribution < 1.29 is 4.79 Å². The Kier molecular flexibility index (Phi) is 7.27. The molecule has 13 heavy (non-hydrogen) atoms. The first kappa shape index (κ1) is 12.2. The largest absolute Gasteiger partial charge is 0.303 e. The van der Waals surface area contributed by atoms with Gasteiger partial charge in [0.1, 0.15) is 6.29 Å². The van der Waals surface area contributed by atoms with Gasteiger partial charge in [-0.1, -0.05) is 17.2 Å². The molecule has 0 aliphatic carbocycles. The molecule has 1 heteroatoms. The minimum absolute atomic E-state index is 0.651. The molecular weight excluding hydrogens is 160 g/mol. The molecule has 74 valence electrons. The van der Waals surface area contributed by atoms with Crippen LogP contribution in [-0.2, 0) is 4.79 Å². The van der Waals surface area contributed by atoms with Crippen LogP contribution in [0.1, 0.15) is 46.0 Å². The van der Waals surface area contributed by atoms with Crippen LogP contribution in [0.15, 0.2) is 23.8 Å². The number of allylic oxidation sites excluding steroid dienone is 3. The van der Waals surface area contributed by atoms with Gasteiger partial charge in [-0.2, -0.15) is 0 Å². The second kappa shape index (κ2) is 7.78. The number of unbranched alkanes of at least 4 members (excludes halogenated alkanes) is 1. The van der Waals surface area contributed by atoms with Gasteiger partial charge in [0, 0.05) is 6.42 Å². The van der Waals surface area contributed by atoms with E-state index in [9.17, 15) is 4.79 Å². The van der Waals surface area contributed by atoms with Gasteiger partial charge >= 0.3 is 0 Å². The molecule has 0 N–H and O–H groups in total. The van der Waals surface area contributed by atoms with Crippen molar-refractivity contribution in [3.05, 3.63) is 23.8 Å². The van der Waals surface area contributed by atoms with Crippen LogP contribution >= 0.6 is 0 Å². The lowest BCUT2D eigenvalue weighted by molar-refractivity contribution is -0.107. The lowest BCUT2D eigenvalue weighted by Crippen LogP contribution is -1.81. The summed E-state index contributed by atoms with van der Waals surface area (Å²) in [6.07, 6.45) is 8.09. The fraction of sp³-hybridized carbons (Fsp3) is 0.583. The molecule has 0 spiro atoms. The van der Waals surface area contributed by atoms with E-state index < -0.39 is 0 Å². The second-order valence-electron chi connectivity index (χ2n) is 3.61. The number of hydrogen-bond acceptors (Lipinski definition) is 1. The zero-order chi connectivity index (χ0) is 10.1. The van der Waals surface area contributed by atoms with Gasteiger partial charge in [0.15, 0.2) is 0 Å². The van der Waals surface area contributed by atoms with E-state index in [1.54, 1.807) is 0 Å². The van der Waals surface area contributed by atoms with Crippen LogP contribution in [0.5, 0.6) is 0 Å². The van der Waals surface area contributed by atoms with E-state index >= 15 is 0 Å². The highest BCUT2D eigenvalue weighted by molar-refractivity contribution is 5.49. The van der Waals surface area contributed by atoms with Crippen molar-refractivity contribution >= 4 is 6.29 Å². The predicted octanol–water partition coefficient (Wildman–Crippen LogP) is 3.66. The summed E-state index contributed by atoms with van der Waals surface area (Å²) < 4.78 is 0. The first-order chi connectivity index (χ1) is 6.16. The van der Waals surface area contributed by atoms with Crippen LogP contribution in [0, 0.1) is 0 Å². The summed E-state index contributed by atoms with van der Waals surface area (Å²) in [4.78, 5) is 10.0. The quantitative estimate of drug-likeness (QED) is 0.332. The van der Waals surface area contributed by atoms with E-state index in [0.29, 0.717) is 6.42 Å². The summed E-state index contributed by atoms with van der Waals surface area (Å²) in [5.74, 6) is 0. The van der Waals surface area contributed by atoms with Crippen LogP contribution in [0.25, 0.3) is 0 Å². The molecular formula is C12H20O. The summed E-state index contributed by atoms with van der Waals surface area (Å²) >= 11 is 0. The maximum atomic E-state index is 10.0. The smallest absolute Gasteiger partial charge is 0.120 e. The van der Waals surface area contributed by atoms with E-state index in [2.05, 4.69) is 26.5 Å². The Balaban J connectivity index is 3.48. The van der Waals surface area contributed by atoms with Crippen molar-refractivity contribution in [2.45, 2.75) is 46.0 Å². The molecule has 0 fully saturated rings. The molecule has 0 unspecified atom stereocenters. The molecule has 0 aliphatic heterocycles. The van der Waals surface area contributed by atoms with E-state index in [0.717, 1.165) is 25.5 Å². The molecule has 0 amide bonds. The van der Waals surface area contributed by atoms with E-state index in [-0.39, 0.29) is 0 Å². The third-order valence-electron chi connectivity index (χ3n) is 1.95. The Morgan fingerprint density at radius 1 is 1.23 bits per heavy atom. The zero-order valence-corrected chi connectivity index (χ0v) is 8.81. The first-order valence-electron chi connectivity index (χ1n) is 4.90. The molecule has 0 aromatic heterocycles. The number of rotatable bonds is 7. The Hall–Kier alpha value is -0.850.